The van der Waals surface area contributed by atoms with Crippen molar-refractivity contribution >= 4 is 5.91 Å². The van der Waals surface area contributed by atoms with Crippen LogP contribution in [-0.2, 0) is 4.79 Å². The highest BCUT2D eigenvalue weighted by molar-refractivity contribution is 5.77. The van der Waals surface area contributed by atoms with E-state index in [9.17, 15) is 4.79 Å². The van der Waals surface area contributed by atoms with Gasteiger partial charge in [-0.25, -0.2) is 0 Å². The third kappa shape index (κ3) is 2.57. The lowest BCUT2D eigenvalue weighted by molar-refractivity contribution is -0.127. The van der Waals surface area contributed by atoms with Gasteiger partial charge in [-0.1, -0.05) is 6.92 Å². The van der Waals surface area contributed by atoms with Crippen molar-refractivity contribution in [1.82, 2.24) is 9.80 Å². The highest BCUT2D eigenvalue weighted by Crippen LogP contribution is 2.25. The van der Waals surface area contributed by atoms with Gasteiger partial charge in [0.15, 0.2) is 0 Å². The molecule has 2 saturated heterocycles. The third-order valence-electron chi connectivity index (χ3n) is 4.26. The summed E-state index contributed by atoms with van der Waals surface area (Å²) < 4.78 is 0. The fourth-order valence-electron chi connectivity index (χ4n) is 3.15. The number of nitrogens with zero attached hydrogens (tertiary/aromatic N) is 2. The molecule has 0 radical (unpaired) electrons. The Balaban J connectivity index is 1.74. The summed E-state index contributed by atoms with van der Waals surface area (Å²) in [5.74, 6) is 1.09. The van der Waals surface area contributed by atoms with E-state index in [1.807, 2.05) is 4.90 Å². The Bertz CT molecular complexity index is 254. The van der Waals surface area contributed by atoms with Crippen LogP contribution in [-0.4, -0.2) is 48.4 Å². The Morgan fingerprint density at radius 2 is 2.19 bits per heavy atom. The van der Waals surface area contributed by atoms with Crippen LogP contribution in [0.1, 0.15) is 39.0 Å². The first-order chi connectivity index (χ1) is 7.68. The van der Waals surface area contributed by atoms with Gasteiger partial charge in [0.2, 0.25) is 5.91 Å². The number of carbonyl (C=O) groups excluding carboxylic acids is 1. The lowest BCUT2D eigenvalue weighted by Crippen LogP contribution is -2.34. The minimum Gasteiger partial charge on any atom is -0.343 e. The van der Waals surface area contributed by atoms with Gasteiger partial charge in [-0.05, 0) is 45.2 Å². The van der Waals surface area contributed by atoms with Crippen molar-refractivity contribution in [3.05, 3.63) is 0 Å². The SMILES string of the molecule is CC(CCN1CCCC1=O)C1CCCN1C. The molecule has 2 aliphatic rings. The fourth-order valence-corrected chi connectivity index (χ4v) is 3.15. The largest absolute Gasteiger partial charge is 0.343 e. The minimum atomic E-state index is 0.368. The van der Waals surface area contributed by atoms with E-state index in [2.05, 4.69) is 18.9 Å². The molecule has 0 aliphatic carbocycles. The maximum Gasteiger partial charge on any atom is 0.222 e. The Labute approximate surface area is 98.8 Å². The van der Waals surface area contributed by atoms with Gasteiger partial charge in [0.05, 0.1) is 0 Å². The molecular weight excluding hydrogens is 200 g/mol. The summed E-state index contributed by atoms with van der Waals surface area (Å²) in [6, 6.07) is 0.748. The van der Waals surface area contributed by atoms with Crippen molar-refractivity contribution in [2.45, 2.75) is 45.1 Å². The van der Waals surface area contributed by atoms with Crippen LogP contribution in [0.25, 0.3) is 0 Å². The van der Waals surface area contributed by atoms with Gasteiger partial charge in [0.25, 0.3) is 0 Å². The smallest absolute Gasteiger partial charge is 0.222 e. The zero-order valence-corrected chi connectivity index (χ0v) is 10.6. The molecule has 16 heavy (non-hydrogen) atoms. The topological polar surface area (TPSA) is 23.6 Å². The predicted octanol–water partition coefficient (Wildman–Crippen LogP) is 1.73. The molecule has 3 heteroatoms. The van der Waals surface area contributed by atoms with Gasteiger partial charge in [-0.3, -0.25) is 4.79 Å². The van der Waals surface area contributed by atoms with E-state index in [1.165, 1.54) is 25.8 Å². The Kier molecular flexibility index (Phi) is 3.85. The fraction of sp³-hybridized carbons (Fsp3) is 0.923. The number of hydrogen-bond donors (Lipinski definition) is 0. The Hall–Kier alpha value is -0.570. The number of hydrogen-bond acceptors (Lipinski definition) is 2. The van der Waals surface area contributed by atoms with Crippen LogP contribution in [0.3, 0.4) is 0 Å². The molecule has 0 N–H and O–H groups in total. The molecule has 2 rings (SSSR count). The van der Waals surface area contributed by atoms with Crippen LogP contribution in [0.5, 0.6) is 0 Å². The van der Waals surface area contributed by atoms with E-state index in [1.54, 1.807) is 0 Å². The van der Waals surface area contributed by atoms with Crippen molar-refractivity contribution in [2.24, 2.45) is 5.92 Å². The zero-order chi connectivity index (χ0) is 11.5. The summed E-state index contributed by atoms with van der Waals surface area (Å²) in [6.45, 7) is 5.56. The minimum absolute atomic E-state index is 0.368. The van der Waals surface area contributed by atoms with Crippen LogP contribution < -0.4 is 0 Å². The first-order valence-electron chi connectivity index (χ1n) is 6.66. The quantitative estimate of drug-likeness (QED) is 0.726. The van der Waals surface area contributed by atoms with Crippen LogP contribution in [0.2, 0.25) is 0 Å². The summed E-state index contributed by atoms with van der Waals surface area (Å²) in [5.41, 5.74) is 0. The molecule has 92 valence electrons. The molecule has 2 unspecified atom stereocenters. The Morgan fingerprint density at radius 1 is 1.38 bits per heavy atom. The second kappa shape index (κ2) is 5.17. The summed E-state index contributed by atoms with van der Waals surface area (Å²) >= 11 is 0. The van der Waals surface area contributed by atoms with Crippen molar-refractivity contribution in [1.29, 1.82) is 0 Å². The molecule has 3 nitrogen and oxygen atoms in total. The molecule has 0 aromatic rings. The number of amides is 1. The van der Waals surface area contributed by atoms with E-state index < -0.39 is 0 Å². The highest BCUT2D eigenvalue weighted by Gasteiger charge is 2.27. The average Bonchev–Trinajstić information content (AvgIpc) is 2.84. The second-order valence-electron chi connectivity index (χ2n) is 5.44. The molecule has 1 amide bonds. The molecule has 0 aromatic heterocycles. The van der Waals surface area contributed by atoms with Gasteiger partial charge < -0.3 is 9.80 Å². The third-order valence-corrected chi connectivity index (χ3v) is 4.26. The number of carbonyl (C=O) groups is 1. The summed E-state index contributed by atoms with van der Waals surface area (Å²) in [5, 5.41) is 0. The number of rotatable bonds is 4. The lowest BCUT2D eigenvalue weighted by atomic mass is 9.96. The van der Waals surface area contributed by atoms with Gasteiger partial charge in [0, 0.05) is 25.6 Å². The van der Waals surface area contributed by atoms with E-state index in [0.717, 1.165) is 37.9 Å². The van der Waals surface area contributed by atoms with Crippen molar-refractivity contribution in [3.63, 3.8) is 0 Å². The van der Waals surface area contributed by atoms with E-state index >= 15 is 0 Å². The van der Waals surface area contributed by atoms with Crippen molar-refractivity contribution < 1.29 is 4.79 Å². The van der Waals surface area contributed by atoms with Crippen LogP contribution in [0.4, 0.5) is 0 Å². The van der Waals surface area contributed by atoms with Crippen LogP contribution >= 0.6 is 0 Å². The van der Waals surface area contributed by atoms with Crippen LogP contribution in [0.15, 0.2) is 0 Å². The van der Waals surface area contributed by atoms with E-state index in [0.29, 0.717) is 5.91 Å². The molecule has 0 aromatic carbocycles. The van der Waals surface area contributed by atoms with Crippen molar-refractivity contribution in [3.8, 4) is 0 Å². The molecule has 0 saturated carbocycles. The van der Waals surface area contributed by atoms with Gasteiger partial charge in [-0.2, -0.15) is 0 Å². The zero-order valence-electron chi connectivity index (χ0n) is 10.6. The second-order valence-corrected chi connectivity index (χ2v) is 5.44. The summed E-state index contributed by atoms with van der Waals surface area (Å²) in [7, 11) is 2.23. The van der Waals surface area contributed by atoms with Gasteiger partial charge >= 0.3 is 0 Å². The van der Waals surface area contributed by atoms with Gasteiger partial charge in [0.1, 0.15) is 0 Å². The van der Waals surface area contributed by atoms with E-state index in [-0.39, 0.29) is 0 Å². The first-order valence-corrected chi connectivity index (χ1v) is 6.66. The normalized spacial score (nSPS) is 29.0. The molecule has 2 fully saturated rings. The van der Waals surface area contributed by atoms with Crippen LogP contribution in [0, 0.1) is 5.92 Å². The number of likely N-dealkylation sites (tertiary alicyclic amines) is 2. The van der Waals surface area contributed by atoms with E-state index in [4.69, 9.17) is 0 Å². The maximum atomic E-state index is 11.5. The monoisotopic (exact) mass is 224 g/mol. The maximum absolute atomic E-state index is 11.5. The molecule has 0 bridgehead atoms. The molecule has 2 aliphatic heterocycles. The highest BCUT2D eigenvalue weighted by atomic mass is 16.2. The lowest BCUT2D eigenvalue weighted by Gasteiger charge is -2.27. The predicted molar refractivity (Wildman–Crippen MR) is 65.2 cm³/mol. The summed E-state index contributed by atoms with van der Waals surface area (Å²) in [6.07, 6.45) is 5.69. The Morgan fingerprint density at radius 3 is 2.75 bits per heavy atom. The molecule has 0 spiro atoms. The molecular formula is C13H24N2O. The summed E-state index contributed by atoms with van der Waals surface area (Å²) in [4.78, 5) is 16.0. The van der Waals surface area contributed by atoms with Gasteiger partial charge in [-0.15, -0.1) is 0 Å². The standard InChI is InChI=1S/C13H24N2O/c1-11(12-5-3-8-14(12)2)7-10-15-9-4-6-13(15)16/h11-12H,3-10H2,1-2H3. The first kappa shape index (κ1) is 11.9. The van der Waals surface area contributed by atoms with Crippen molar-refractivity contribution in [2.75, 3.05) is 26.7 Å². The molecule has 2 atom stereocenters. The molecule has 2 heterocycles. The average molecular weight is 224 g/mol.